The average Bonchev–Trinajstić information content (AvgIpc) is 0.986. The number of nitrogens with zero attached hydrogens (tertiary/aromatic N) is 4. The summed E-state index contributed by atoms with van der Waals surface area (Å²) in [5.41, 5.74) is 24.3. The normalized spacial score (nSPS) is 13.5. The number of fused-ring (bicyclic) bond motifs is 17. The summed E-state index contributed by atoms with van der Waals surface area (Å²) in [5.74, 6) is 1.61. The number of rotatable bonds is 9. The Morgan fingerprint density at radius 2 is 0.733 bits per heavy atom. The summed E-state index contributed by atoms with van der Waals surface area (Å²) in [4.78, 5) is 10.3. The molecule has 5 nitrogen and oxygen atoms in total. The fourth-order valence-corrected chi connectivity index (χ4v) is 21.1. The molecule has 0 aliphatic carbocycles. The maximum atomic E-state index is 7.49. The lowest BCUT2D eigenvalue weighted by molar-refractivity contribution is 0.486. The van der Waals surface area contributed by atoms with Gasteiger partial charge >= 0.3 is 0 Å². The van der Waals surface area contributed by atoms with Crippen molar-refractivity contribution in [2.24, 2.45) is 0 Å². The lowest BCUT2D eigenvalue weighted by atomic mass is 9.30. The van der Waals surface area contributed by atoms with Gasteiger partial charge in [-0.1, -0.05) is 224 Å². The maximum Gasteiger partial charge on any atom is 0.256 e. The Morgan fingerprint density at radius 3 is 1.36 bits per heavy atom. The molecule has 4 aliphatic rings. The van der Waals surface area contributed by atoms with Crippen LogP contribution < -0.4 is 57.1 Å². The van der Waals surface area contributed by atoms with Gasteiger partial charge in [0.25, 0.3) is 13.4 Å². The van der Waals surface area contributed by atoms with Crippen molar-refractivity contribution in [2.75, 3.05) is 19.6 Å². The van der Waals surface area contributed by atoms with Crippen LogP contribution in [0.5, 0.6) is 11.5 Å². The molecule has 1 unspecified atom stereocenters. The second-order valence-electron chi connectivity index (χ2n) is 26.9. The number of benzene rings is 15. The van der Waals surface area contributed by atoms with Crippen molar-refractivity contribution in [2.45, 2.75) is 5.92 Å². The zero-order valence-electron chi connectivity index (χ0n) is 54.4. The fourth-order valence-electron chi connectivity index (χ4n) is 17.4. The minimum Gasteiger partial charge on any atom is -0.458 e. The average molecular weight is 1340 g/mol. The van der Waals surface area contributed by atoms with Crippen molar-refractivity contribution in [1.29, 1.82) is 0 Å². The second kappa shape index (κ2) is 22.3. The molecule has 0 spiro atoms. The van der Waals surface area contributed by atoms with Crippen LogP contribution in [0.15, 0.2) is 334 Å². The monoisotopic (exact) mass is 1340 g/mol. The largest absolute Gasteiger partial charge is 0.458 e. The molecule has 470 valence electrons. The lowest BCUT2D eigenvalue weighted by Crippen LogP contribution is -2.64. The summed E-state index contributed by atoms with van der Waals surface area (Å²) in [6, 6.07) is 125. The summed E-state index contributed by atoms with van der Waals surface area (Å²) in [7, 11) is 0. The SMILES string of the molecule is c1ccc(C(c2cc3c4c(c2)N(c2ccccc2)c2cc5c(cc2B4c2ccccc2O3)B2c3ccccc3N(c3cccc4c3sc3ccccc34)c3cc(N(c4ccccc4)c4ccccc4)cc(c32)N5c2cccc3c2sc2ccccc23)c2cccc3c2sc2ccccc23)cc1. The molecule has 3 aromatic heterocycles. The maximum absolute atomic E-state index is 7.49. The summed E-state index contributed by atoms with van der Waals surface area (Å²) < 4.78 is 15.1. The van der Waals surface area contributed by atoms with Gasteiger partial charge in [-0.25, -0.2) is 0 Å². The molecule has 1 atom stereocenters. The van der Waals surface area contributed by atoms with Gasteiger partial charge in [0, 0.05) is 108 Å². The predicted octanol–water partition coefficient (Wildman–Crippen LogP) is 21.9. The van der Waals surface area contributed by atoms with E-state index in [2.05, 4.69) is 353 Å². The van der Waals surface area contributed by atoms with E-state index in [1.807, 2.05) is 34.0 Å². The molecular weight excluding hydrogens is 1280 g/mol. The number of hydrogen-bond acceptors (Lipinski definition) is 8. The van der Waals surface area contributed by atoms with Gasteiger partial charge in [0.15, 0.2) is 0 Å². The highest BCUT2D eigenvalue weighted by Crippen LogP contribution is 2.55. The van der Waals surface area contributed by atoms with Gasteiger partial charge in [-0.05, 0) is 159 Å². The van der Waals surface area contributed by atoms with Crippen molar-refractivity contribution in [3.05, 3.63) is 350 Å². The van der Waals surface area contributed by atoms with E-state index in [9.17, 15) is 0 Å². The van der Waals surface area contributed by atoms with E-state index in [1.165, 1.54) is 99.1 Å². The van der Waals surface area contributed by atoms with Crippen LogP contribution in [0.4, 0.5) is 68.2 Å². The topological polar surface area (TPSA) is 22.2 Å². The lowest BCUT2D eigenvalue weighted by Gasteiger charge is -2.47. The Balaban J connectivity index is 0.866. The first kappa shape index (κ1) is 57.0. The second-order valence-corrected chi connectivity index (χ2v) is 30.1. The molecule has 22 rings (SSSR count). The van der Waals surface area contributed by atoms with Crippen LogP contribution in [0.3, 0.4) is 0 Å². The number of thiophene rings is 3. The van der Waals surface area contributed by atoms with E-state index >= 15 is 0 Å². The number of ether oxygens (including phenoxy) is 1. The van der Waals surface area contributed by atoms with Crippen molar-refractivity contribution in [1.82, 2.24) is 0 Å². The molecule has 0 saturated carbocycles. The summed E-state index contributed by atoms with van der Waals surface area (Å²) in [5, 5.41) is 7.60. The number of anilines is 12. The highest BCUT2D eigenvalue weighted by molar-refractivity contribution is 7.27. The first-order chi connectivity index (χ1) is 50.1. The summed E-state index contributed by atoms with van der Waals surface area (Å²) >= 11 is 5.67. The molecule has 0 N–H and O–H groups in total. The minimum absolute atomic E-state index is 0.142. The van der Waals surface area contributed by atoms with Gasteiger partial charge < -0.3 is 24.3 Å². The molecular formula is C91H56B2N4OS3. The van der Waals surface area contributed by atoms with Crippen LogP contribution in [0.1, 0.15) is 22.6 Å². The van der Waals surface area contributed by atoms with E-state index in [0.717, 1.165) is 90.7 Å². The Kier molecular flexibility index (Phi) is 12.6. The Hall–Kier alpha value is -11.9. The van der Waals surface area contributed by atoms with Gasteiger partial charge in [-0.3, -0.25) is 0 Å². The molecule has 0 amide bonds. The van der Waals surface area contributed by atoms with Gasteiger partial charge in [0.1, 0.15) is 11.5 Å². The van der Waals surface area contributed by atoms with Crippen LogP contribution in [0, 0.1) is 0 Å². The van der Waals surface area contributed by atoms with E-state index in [1.54, 1.807) is 0 Å². The number of hydrogen-bond donors (Lipinski definition) is 0. The van der Waals surface area contributed by atoms with E-state index < -0.39 is 0 Å². The molecule has 0 fully saturated rings. The Bertz CT molecular complexity index is 6410. The summed E-state index contributed by atoms with van der Waals surface area (Å²) in [6.07, 6.45) is 0. The first-order valence-electron chi connectivity index (χ1n) is 34.6. The molecule has 7 heterocycles. The summed E-state index contributed by atoms with van der Waals surface area (Å²) in [6.45, 7) is -0.413. The van der Waals surface area contributed by atoms with Crippen LogP contribution in [0.2, 0.25) is 0 Å². The van der Waals surface area contributed by atoms with Crippen molar-refractivity contribution in [3.8, 4) is 11.5 Å². The zero-order chi connectivity index (χ0) is 66.0. The molecule has 4 aliphatic heterocycles. The van der Waals surface area contributed by atoms with Gasteiger partial charge in [0.2, 0.25) is 0 Å². The Labute approximate surface area is 596 Å². The first-order valence-corrected chi connectivity index (χ1v) is 37.1. The third kappa shape index (κ3) is 8.50. The number of para-hydroxylation sites is 5. The predicted molar refractivity (Wildman–Crippen MR) is 433 cm³/mol. The van der Waals surface area contributed by atoms with Crippen molar-refractivity contribution < 1.29 is 4.74 Å². The smallest absolute Gasteiger partial charge is 0.256 e. The molecule has 18 aromatic rings. The molecule has 10 heteroatoms. The third-order valence-corrected chi connectivity index (χ3v) is 25.2. The standard InChI is InChI=1S/C91H56B2N4OS3/c1-5-26-56(27-6-1)86(68-40-23-37-65-62-34-13-20-47-83(62)99-89(65)68)57-50-78-88-82(51-57)98-81-46-19-17-42-70(81)93(88)71-54-72-77(55-76(71)95(78)60-32-11-4-12-33-60)97(75-45-25-39-67-64-36-15-22-49-85(64)101-91(67)75)80-53-61(94(58-28-7-2-8-29-58)59-30-9-3-10-31-59)52-79-87(80)92(72)69-41-16-18-43-73(69)96(79)74-44-24-38-66-63-35-14-21-48-84(63)100-90(66)74/h1-55,86H. The third-order valence-electron chi connectivity index (χ3n) is 21.5. The Morgan fingerprint density at radius 1 is 0.277 bits per heavy atom. The zero-order valence-corrected chi connectivity index (χ0v) is 56.9. The van der Waals surface area contributed by atoms with Crippen molar-refractivity contribution in [3.63, 3.8) is 0 Å². The highest BCUT2D eigenvalue weighted by Gasteiger charge is 2.49. The van der Waals surface area contributed by atoms with Crippen LogP contribution in [-0.4, -0.2) is 13.4 Å². The molecule has 0 saturated heterocycles. The molecule has 15 aromatic carbocycles. The van der Waals surface area contributed by atoms with Crippen LogP contribution in [-0.2, 0) is 0 Å². The molecule has 0 radical (unpaired) electrons. The van der Waals surface area contributed by atoms with Crippen LogP contribution in [0.25, 0.3) is 60.5 Å². The molecule has 101 heavy (non-hydrogen) atoms. The van der Waals surface area contributed by atoms with E-state index in [4.69, 9.17) is 4.74 Å². The van der Waals surface area contributed by atoms with E-state index in [-0.39, 0.29) is 19.3 Å². The van der Waals surface area contributed by atoms with Gasteiger partial charge in [-0.2, -0.15) is 0 Å². The van der Waals surface area contributed by atoms with E-state index in [0.29, 0.717) is 0 Å². The quantitative estimate of drug-likeness (QED) is 0.106. The molecule has 0 bridgehead atoms. The minimum atomic E-state index is -0.213. The van der Waals surface area contributed by atoms with Crippen molar-refractivity contribution >= 4 is 209 Å². The van der Waals surface area contributed by atoms with Gasteiger partial charge in [-0.15, -0.1) is 34.0 Å². The highest BCUT2D eigenvalue weighted by atomic mass is 32.1. The fraction of sp³-hybridized carbons (Fsp3) is 0.0110. The van der Waals surface area contributed by atoms with Gasteiger partial charge in [0.05, 0.1) is 26.5 Å². The van der Waals surface area contributed by atoms with Crippen LogP contribution >= 0.6 is 34.0 Å².